The Kier molecular flexibility index (Phi) is 2.91. The van der Waals surface area contributed by atoms with Crippen molar-refractivity contribution in [3.05, 3.63) is 60.0 Å². The minimum Gasteiger partial charge on any atom is -0.497 e. The number of hydrogen-bond donors (Lipinski definition) is 0. The normalized spacial score (nSPS) is 10.8. The van der Waals surface area contributed by atoms with E-state index >= 15 is 0 Å². The van der Waals surface area contributed by atoms with Gasteiger partial charge in [-0.3, -0.25) is 4.68 Å². The van der Waals surface area contributed by atoms with E-state index in [9.17, 15) is 4.39 Å². The number of methoxy groups -OCH3 is 1. The number of halogens is 1. The van der Waals surface area contributed by atoms with Crippen molar-refractivity contribution in [2.24, 2.45) is 0 Å². The van der Waals surface area contributed by atoms with Crippen molar-refractivity contribution in [3.63, 3.8) is 0 Å². The van der Waals surface area contributed by atoms with E-state index in [1.54, 1.807) is 24.1 Å². The third-order valence-corrected chi connectivity index (χ3v) is 3.13. The standard InChI is InChI=1S/C15H13FN2O/c1-19-12-7-5-11(6-8-12)10-18-15-4-2-3-14(16)13(15)9-17-18/h2-9H,10H2,1H3. The lowest BCUT2D eigenvalue weighted by Crippen LogP contribution is -2.01. The molecular weight excluding hydrogens is 243 g/mol. The Labute approximate surface area is 110 Å². The number of rotatable bonds is 3. The Bertz CT molecular complexity index is 704. The average Bonchev–Trinajstić information content (AvgIpc) is 2.84. The van der Waals surface area contributed by atoms with Crippen LogP contribution in [0.1, 0.15) is 5.56 Å². The maximum absolute atomic E-state index is 13.6. The molecule has 1 heterocycles. The van der Waals surface area contributed by atoms with Gasteiger partial charge in [0.05, 0.1) is 30.8 Å². The van der Waals surface area contributed by atoms with Gasteiger partial charge in [0, 0.05) is 0 Å². The van der Waals surface area contributed by atoms with E-state index in [2.05, 4.69) is 5.10 Å². The van der Waals surface area contributed by atoms with E-state index < -0.39 is 0 Å². The lowest BCUT2D eigenvalue weighted by molar-refractivity contribution is 0.414. The summed E-state index contributed by atoms with van der Waals surface area (Å²) in [5.74, 6) is 0.582. The van der Waals surface area contributed by atoms with Crippen LogP contribution in [0.4, 0.5) is 4.39 Å². The Morgan fingerprint density at radius 2 is 1.95 bits per heavy atom. The first kappa shape index (κ1) is 11.7. The highest BCUT2D eigenvalue weighted by atomic mass is 19.1. The number of ether oxygens (including phenoxy) is 1. The maximum Gasteiger partial charge on any atom is 0.134 e. The zero-order chi connectivity index (χ0) is 13.2. The highest BCUT2D eigenvalue weighted by molar-refractivity contribution is 5.79. The molecule has 0 atom stereocenters. The molecule has 1 aromatic heterocycles. The molecule has 3 nitrogen and oxygen atoms in total. The molecule has 0 aliphatic carbocycles. The summed E-state index contributed by atoms with van der Waals surface area (Å²) in [7, 11) is 1.64. The zero-order valence-corrected chi connectivity index (χ0v) is 10.5. The molecule has 3 aromatic rings. The van der Waals surface area contributed by atoms with Gasteiger partial charge < -0.3 is 4.74 Å². The maximum atomic E-state index is 13.6. The van der Waals surface area contributed by atoms with Crippen molar-refractivity contribution in [1.29, 1.82) is 0 Å². The van der Waals surface area contributed by atoms with E-state index in [1.807, 2.05) is 30.3 Å². The average molecular weight is 256 g/mol. The van der Waals surface area contributed by atoms with E-state index in [0.717, 1.165) is 16.8 Å². The van der Waals surface area contributed by atoms with Crippen molar-refractivity contribution in [2.45, 2.75) is 6.54 Å². The van der Waals surface area contributed by atoms with Crippen LogP contribution in [0.15, 0.2) is 48.7 Å². The van der Waals surface area contributed by atoms with E-state index in [-0.39, 0.29) is 5.82 Å². The molecular formula is C15H13FN2O. The molecule has 0 aliphatic rings. The third kappa shape index (κ3) is 2.17. The van der Waals surface area contributed by atoms with Crippen LogP contribution >= 0.6 is 0 Å². The molecule has 0 saturated carbocycles. The van der Waals surface area contributed by atoms with Crippen molar-refractivity contribution >= 4 is 10.9 Å². The van der Waals surface area contributed by atoms with Crippen LogP contribution in [0, 0.1) is 5.82 Å². The lowest BCUT2D eigenvalue weighted by atomic mass is 10.2. The van der Waals surface area contributed by atoms with Crippen LogP contribution in [0.2, 0.25) is 0 Å². The largest absolute Gasteiger partial charge is 0.497 e. The molecule has 96 valence electrons. The Morgan fingerprint density at radius 1 is 1.16 bits per heavy atom. The van der Waals surface area contributed by atoms with Gasteiger partial charge in [0.2, 0.25) is 0 Å². The molecule has 19 heavy (non-hydrogen) atoms. The first-order valence-electron chi connectivity index (χ1n) is 6.01. The van der Waals surface area contributed by atoms with E-state index in [4.69, 9.17) is 4.74 Å². The fourth-order valence-corrected chi connectivity index (χ4v) is 2.10. The predicted molar refractivity (Wildman–Crippen MR) is 71.8 cm³/mol. The smallest absolute Gasteiger partial charge is 0.134 e. The van der Waals surface area contributed by atoms with Gasteiger partial charge in [-0.05, 0) is 29.8 Å². The van der Waals surface area contributed by atoms with E-state index in [1.165, 1.54) is 6.07 Å². The van der Waals surface area contributed by atoms with Gasteiger partial charge in [0.1, 0.15) is 11.6 Å². The summed E-state index contributed by atoms with van der Waals surface area (Å²) in [4.78, 5) is 0. The van der Waals surface area contributed by atoms with Crippen LogP contribution < -0.4 is 4.74 Å². The number of aromatic nitrogens is 2. The number of nitrogens with zero attached hydrogens (tertiary/aromatic N) is 2. The molecule has 4 heteroatoms. The summed E-state index contributed by atoms with van der Waals surface area (Å²) in [6.07, 6.45) is 1.56. The molecule has 0 fully saturated rings. The molecule has 0 radical (unpaired) electrons. The van der Waals surface area contributed by atoms with Crippen molar-refractivity contribution in [3.8, 4) is 5.75 Å². The van der Waals surface area contributed by atoms with Crippen LogP contribution in [0.3, 0.4) is 0 Å². The molecule has 0 saturated heterocycles. The van der Waals surface area contributed by atoms with Crippen LogP contribution in [-0.2, 0) is 6.54 Å². The van der Waals surface area contributed by atoms with Crippen molar-refractivity contribution < 1.29 is 9.13 Å². The quantitative estimate of drug-likeness (QED) is 0.719. The van der Waals surface area contributed by atoms with Gasteiger partial charge in [0.15, 0.2) is 0 Å². The Morgan fingerprint density at radius 3 is 2.68 bits per heavy atom. The van der Waals surface area contributed by atoms with Crippen molar-refractivity contribution in [1.82, 2.24) is 9.78 Å². The molecule has 0 spiro atoms. The summed E-state index contributed by atoms with van der Waals surface area (Å²) in [6.45, 7) is 0.608. The molecule has 0 bridgehead atoms. The third-order valence-electron chi connectivity index (χ3n) is 3.13. The minimum atomic E-state index is -0.238. The summed E-state index contributed by atoms with van der Waals surface area (Å²) in [5, 5.41) is 4.79. The van der Waals surface area contributed by atoms with Crippen LogP contribution in [0.25, 0.3) is 10.9 Å². The van der Waals surface area contributed by atoms with Crippen LogP contribution in [-0.4, -0.2) is 16.9 Å². The predicted octanol–water partition coefficient (Wildman–Crippen LogP) is 3.23. The number of fused-ring (bicyclic) bond motifs is 1. The fraction of sp³-hybridized carbons (Fsp3) is 0.133. The topological polar surface area (TPSA) is 27.1 Å². The fourth-order valence-electron chi connectivity index (χ4n) is 2.10. The first-order valence-corrected chi connectivity index (χ1v) is 6.01. The SMILES string of the molecule is COc1ccc(Cn2ncc3c(F)cccc32)cc1. The highest BCUT2D eigenvalue weighted by Gasteiger charge is 2.06. The lowest BCUT2D eigenvalue weighted by Gasteiger charge is -2.05. The molecule has 0 aliphatic heterocycles. The zero-order valence-electron chi connectivity index (χ0n) is 10.5. The number of benzene rings is 2. The van der Waals surface area contributed by atoms with Gasteiger partial charge in [-0.1, -0.05) is 18.2 Å². The van der Waals surface area contributed by atoms with Gasteiger partial charge in [-0.15, -0.1) is 0 Å². The molecule has 0 N–H and O–H groups in total. The van der Waals surface area contributed by atoms with Gasteiger partial charge in [-0.2, -0.15) is 5.10 Å². The molecule has 2 aromatic carbocycles. The van der Waals surface area contributed by atoms with Gasteiger partial charge in [-0.25, -0.2) is 4.39 Å². The van der Waals surface area contributed by atoms with Crippen LogP contribution in [0.5, 0.6) is 5.75 Å². The highest BCUT2D eigenvalue weighted by Crippen LogP contribution is 2.19. The summed E-state index contributed by atoms with van der Waals surface area (Å²) < 4.78 is 20.5. The Balaban J connectivity index is 1.94. The second kappa shape index (κ2) is 4.72. The minimum absolute atomic E-state index is 0.238. The molecule has 0 amide bonds. The summed E-state index contributed by atoms with van der Waals surface area (Å²) >= 11 is 0. The monoisotopic (exact) mass is 256 g/mol. The first-order chi connectivity index (χ1) is 9.28. The molecule has 0 unspecified atom stereocenters. The van der Waals surface area contributed by atoms with Gasteiger partial charge in [0.25, 0.3) is 0 Å². The second-order valence-corrected chi connectivity index (χ2v) is 4.32. The van der Waals surface area contributed by atoms with Crippen molar-refractivity contribution in [2.75, 3.05) is 7.11 Å². The summed E-state index contributed by atoms with van der Waals surface area (Å²) in [5.41, 5.74) is 1.89. The number of hydrogen-bond acceptors (Lipinski definition) is 2. The summed E-state index contributed by atoms with van der Waals surface area (Å²) in [6, 6.07) is 12.8. The van der Waals surface area contributed by atoms with E-state index in [0.29, 0.717) is 11.9 Å². The van der Waals surface area contributed by atoms with Gasteiger partial charge >= 0.3 is 0 Å². The second-order valence-electron chi connectivity index (χ2n) is 4.32. The Hall–Kier alpha value is -2.36. The molecule has 3 rings (SSSR count).